The summed E-state index contributed by atoms with van der Waals surface area (Å²) in [5.41, 5.74) is 0.0882. The van der Waals surface area contributed by atoms with Gasteiger partial charge < -0.3 is 15.4 Å². The molecule has 0 heterocycles. The summed E-state index contributed by atoms with van der Waals surface area (Å²) >= 11 is 0. The fraction of sp³-hybridized carbons (Fsp3) is 0.929. The third-order valence-electron chi connectivity index (χ3n) is 5.24. The van der Waals surface area contributed by atoms with Crippen molar-refractivity contribution < 1.29 is 4.74 Å². The van der Waals surface area contributed by atoms with E-state index >= 15 is 0 Å². The van der Waals surface area contributed by atoms with Crippen molar-refractivity contribution >= 4 is 5.96 Å². The lowest BCUT2D eigenvalue weighted by molar-refractivity contribution is -0.176. The Hall–Kier alpha value is -0.770. The third-order valence-corrected chi connectivity index (χ3v) is 5.24. The molecule has 104 valence electrons. The van der Waals surface area contributed by atoms with E-state index in [0.29, 0.717) is 12.1 Å². The Kier molecular flexibility index (Phi) is 3.34. The number of rotatable bonds is 3. The van der Waals surface area contributed by atoms with Gasteiger partial charge in [0.1, 0.15) is 0 Å². The molecule has 0 aromatic carbocycles. The van der Waals surface area contributed by atoms with Crippen LogP contribution in [0.25, 0.3) is 0 Å². The minimum atomic E-state index is -0.0314. The predicted octanol–water partition coefficient (Wildman–Crippen LogP) is 1.76. The number of methoxy groups -OCH3 is 1. The summed E-state index contributed by atoms with van der Waals surface area (Å²) in [6.45, 7) is 8.96. The summed E-state index contributed by atoms with van der Waals surface area (Å²) in [5.74, 6) is 1.71. The highest BCUT2D eigenvalue weighted by Gasteiger charge is 2.58. The maximum Gasteiger partial charge on any atom is 0.191 e. The Morgan fingerprint density at radius 3 is 2.28 bits per heavy atom. The highest BCUT2D eigenvalue weighted by molar-refractivity contribution is 5.81. The highest BCUT2D eigenvalue weighted by atomic mass is 16.5. The monoisotopic (exact) mass is 253 g/mol. The van der Waals surface area contributed by atoms with Gasteiger partial charge in [0.15, 0.2) is 5.96 Å². The van der Waals surface area contributed by atoms with Crippen LogP contribution in [-0.4, -0.2) is 37.8 Å². The maximum absolute atomic E-state index is 5.64. The molecule has 0 bridgehead atoms. The molecule has 4 unspecified atom stereocenters. The van der Waals surface area contributed by atoms with E-state index in [1.807, 2.05) is 7.05 Å². The van der Waals surface area contributed by atoms with Crippen molar-refractivity contribution in [3.8, 4) is 0 Å². The van der Waals surface area contributed by atoms with E-state index in [2.05, 4.69) is 43.3 Å². The van der Waals surface area contributed by atoms with Gasteiger partial charge in [-0.25, -0.2) is 0 Å². The molecule has 0 spiro atoms. The Labute approximate surface area is 111 Å². The molecule has 4 nitrogen and oxygen atoms in total. The summed E-state index contributed by atoms with van der Waals surface area (Å²) in [6, 6.07) is 1.02. The molecule has 2 fully saturated rings. The number of ether oxygens (including phenoxy) is 1. The van der Waals surface area contributed by atoms with E-state index < -0.39 is 0 Å². The van der Waals surface area contributed by atoms with Crippen LogP contribution >= 0.6 is 0 Å². The van der Waals surface area contributed by atoms with Gasteiger partial charge in [0.25, 0.3) is 0 Å². The minimum absolute atomic E-state index is 0.0314. The minimum Gasteiger partial charge on any atom is -0.378 e. The second-order valence-electron chi connectivity index (χ2n) is 6.59. The molecule has 2 saturated carbocycles. The standard InChI is InChI=1S/C14H27N3O/c1-9-7-10(9)16-12(15-5)17-11-8-14(4,18-6)13(11,2)3/h9-11H,7-8H2,1-6H3,(H2,15,16,17). The van der Waals surface area contributed by atoms with Crippen LogP contribution < -0.4 is 10.6 Å². The molecule has 0 aliphatic heterocycles. The fourth-order valence-electron chi connectivity index (χ4n) is 2.76. The fourth-order valence-corrected chi connectivity index (χ4v) is 2.76. The molecule has 0 radical (unpaired) electrons. The quantitative estimate of drug-likeness (QED) is 0.595. The average molecular weight is 253 g/mol. The lowest BCUT2D eigenvalue weighted by Gasteiger charge is -2.59. The lowest BCUT2D eigenvalue weighted by Crippen LogP contribution is -2.69. The summed E-state index contributed by atoms with van der Waals surface area (Å²) in [4.78, 5) is 4.32. The van der Waals surface area contributed by atoms with Gasteiger partial charge in [0.2, 0.25) is 0 Å². The molecule has 0 amide bonds. The Balaban J connectivity index is 1.90. The third kappa shape index (κ3) is 2.11. The van der Waals surface area contributed by atoms with Crippen LogP contribution in [0.5, 0.6) is 0 Å². The van der Waals surface area contributed by atoms with Gasteiger partial charge >= 0.3 is 0 Å². The SMILES string of the molecule is CN=C(NC1CC1C)NC1CC(C)(OC)C1(C)C. The highest BCUT2D eigenvalue weighted by Crippen LogP contribution is 2.51. The zero-order valence-electron chi connectivity index (χ0n) is 12.5. The zero-order chi connectivity index (χ0) is 13.6. The molecule has 18 heavy (non-hydrogen) atoms. The van der Waals surface area contributed by atoms with Crippen molar-refractivity contribution in [2.45, 2.75) is 58.2 Å². The van der Waals surface area contributed by atoms with E-state index in [1.54, 1.807) is 7.11 Å². The number of hydrogen-bond acceptors (Lipinski definition) is 2. The first-order valence-electron chi connectivity index (χ1n) is 6.89. The lowest BCUT2D eigenvalue weighted by atomic mass is 9.56. The van der Waals surface area contributed by atoms with Crippen LogP contribution in [0.4, 0.5) is 0 Å². The van der Waals surface area contributed by atoms with Gasteiger partial charge in [-0.2, -0.15) is 0 Å². The van der Waals surface area contributed by atoms with Crippen molar-refractivity contribution in [3.05, 3.63) is 0 Å². The molecule has 0 saturated heterocycles. The molecule has 2 aliphatic carbocycles. The zero-order valence-corrected chi connectivity index (χ0v) is 12.5. The molecule has 2 rings (SSSR count). The van der Waals surface area contributed by atoms with E-state index in [9.17, 15) is 0 Å². The van der Waals surface area contributed by atoms with Crippen molar-refractivity contribution in [1.29, 1.82) is 0 Å². The number of guanidine groups is 1. The molecule has 0 aromatic rings. The molecule has 2 aliphatic rings. The predicted molar refractivity (Wildman–Crippen MR) is 74.8 cm³/mol. The van der Waals surface area contributed by atoms with E-state index in [4.69, 9.17) is 4.74 Å². The second-order valence-corrected chi connectivity index (χ2v) is 6.59. The number of hydrogen-bond donors (Lipinski definition) is 2. The summed E-state index contributed by atoms with van der Waals surface area (Å²) in [7, 11) is 3.64. The van der Waals surface area contributed by atoms with Gasteiger partial charge in [-0.3, -0.25) is 4.99 Å². The number of nitrogens with zero attached hydrogens (tertiary/aromatic N) is 1. The largest absolute Gasteiger partial charge is 0.378 e. The maximum atomic E-state index is 5.64. The first-order valence-corrected chi connectivity index (χ1v) is 6.89. The van der Waals surface area contributed by atoms with Crippen molar-refractivity contribution in [1.82, 2.24) is 10.6 Å². The van der Waals surface area contributed by atoms with Crippen LogP contribution in [0.15, 0.2) is 4.99 Å². The Morgan fingerprint density at radius 1 is 1.28 bits per heavy atom. The molecule has 4 heteroatoms. The Bertz CT molecular complexity index is 353. The van der Waals surface area contributed by atoms with Crippen LogP contribution in [0.2, 0.25) is 0 Å². The van der Waals surface area contributed by atoms with Crippen molar-refractivity contribution in [2.24, 2.45) is 16.3 Å². The van der Waals surface area contributed by atoms with Crippen LogP contribution in [0.3, 0.4) is 0 Å². The molecular formula is C14H27N3O. The molecule has 2 N–H and O–H groups in total. The van der Waals surface area contributed by atoms with Gasteiger partial charge in [0.05, 0.1) is 5.60 Å². The van der Waals surface area contributed by atoms with Gasteiger partial charge in [-0.1, -0.05) is 20.8 Å². The number of nitrogens with one attached hydrogen (secondary N) is 2. The van der Waals surface area contributed by atoms with Gasteiger partial charge in [0, 0.05) is 31.7 Å². The molecular weight excluding hydrogens is 226 g/mol. The average Bonchev–Trinajstić information content (AvgIpc) is 3.02. The summed E-state index contributed by atoms with van der Waals surface area (Å²) in [6.07, 6.45) is 2.28. The normalized spacial score (nSPS) is 42.1. The summed E-state index contributed by atoms with van der Waals surface area (Å²) in [5, 5.41) is 7.00. The molecule has 0 aromatic heterocycles. The topological polar surface area (TPSA) is 45.7 Å². The van der Waals surface area contributed by atoms with Crippen molar-refractivity contribution in [3.63, 3.8) is 0 Å². The van der Waals surface area contributed by atoms with E-state index in [-0.39, 0.29) is 11.0 Å². The van der Waals surface area contributed by atoms with Gasteiger partial charge in [-0.15, -0.1) is 0 Å². The first-order chi connectivity index (χ1) is 8.34. The van der Waals surface area contributed by atoms with Crippen LogP contribution in [0.1, 0.15) is 40.5 Å². The van der Waals surface area contributed by atoms with Gasteiger partial charge in [-0.05, 0) is 25.7 Å². The van der Waals surface area contributed by atoms with E-state index in [0.717, 1.165) is 18.3 Å². The number of aliphatic imine (C=N–C) groups is 1. The van der Waals surface area contributed by atoms with Crippen LogP contribution in [-0.2, 0) is 4.74 Å². The second kappa shape index (κ2) is 4.41. The summed E-state index contributed by atoms with van der Waals surface area (Å²) < 4.78 is 5.64. The van der Waals surface area contributed by atoms with Crippen molar-refractivity contribution in [2.75, 3.05) is 14.2 Å². The van der Waals surface area contributed by atoms with E-state index in [1.165, 1.54) is 6.42 Å². The molecule has 4 atom stereocenters. The first kappa shape index (κ1) is 13.7. The van der Waals surface area contributed by atoms with Crippen LogP contribution in [0, 0.1) is 11.3 Å². The smallest absolute Gasteiger partial charge is 0.191 e. The Morgan fingerprint density at radius 2 is 1.89 bits per heavy atom.